The molecule has 0 saturated heterocycles. The highest BCUT2D eigenvalue weighted by atomic mass is 16.5. The predicted molar refractivity (Wildman–Crippen MR) is 97.4 cm³/mol. The van der Waals surface area contributed by atoms with E-state index in [-0.39, 0.29) is 0 Å². The largest absolute Gasteiger partial charge is 0.497 e. The second kappa shape index (κ2) is 7.28. The second-order valence-corrected chi connectivity index (χ2v) is 5.81. The van der Waals surface area contributed by atoms with Crippen molar-refractivity contribution in [3.63, 3.8) is 0 Å². The Morgan fingerprint density at radius 1 is 1.00 bits per heavy atom. The van der Waals surface area contributed by atoms with Crippen molar-refractivity contribution in [1.29, 1.82) is 0 Å². The van der Waals surface area contributed by atoms with E-state index in [0.717, 1.165) is 5.56 Å². The molecule has 0 N–H and O–H groups in total. The molecule has 4 aromatic rings. The normalized spacial score (nSPS) is 10.7. The van der Waals surface area contributed by atoms with E-state index < -0.39 is 0 Å². The molecule has 27 heavy (non-hydrogen) atoms. The van der Waals surface area contributed by atoms with Crippen molar-refractivity contribution in [2.45, 2.75) is 6.54 Å². The fourth-order valence-electron chi connectivity index (χ4n) is 2.62. The summed E-state index contributed by atoms with van der Waals surface area (Å²) in [4.78, 5) is 4.42. The highest BCUT2D eigenvalue weighted by molar-refractivity contribution is 5.61. The van der Waals surface area contributed by atoms with Gasteiger partial charge in [-0.2, -0.15) is 4.98 Å². The zero-order valence-electron chi connectivity index (χ0n) is 14.9. The van der Waals surface area contributed by atoms with Gasteiger partial charge in [-0.3, -0.25) is 0 Å². The molecule has 4 rings (SSSR count). The van der Waals surface area contributed by atoms with Gasteiger partial charge in [0.2, 0.25) is 5.82 Å². The number of ether oxygens (including phenoxy) is 2. The first-order valence-corrected chi connectivity index (χ1v) is 8.27. The molecule has 0 saturated carbocycles. The van der Waals surface area contributed by atoms with Crippen molar-refractivity contribution in [3.05, 3.63) is 60.3 Å². The standard InChI is InChI=1S/C19H17N5O3/c1-25-15-8-14(9-16(10-15)26-2)19-20-18(22-27-19)17-12-24(23-21-17)11-13-6-4-3-5-7-13/h3-10,12H,11H2,1-2H3. The van der Waals surface area contributed by atoms with Gasteiger partial charge in [0.1, 0.15) is 11.5 Å². The Hall–Kier alpha value is -3.68. The molecule has 0 aliphatic rings. The minimum atomic E-state index is 0.347. The Kier molecular flexibility index (Phi) is 4.52. The topological polar surface area (TPSA) is 88.1 Å². The van der Waals surface area contributed by atoms with Gasteiger partial charge in [-0.05, 0) is 17.7 Å². The second-order valence-electron chi connectivity index (χ2n) is 5.81. The van der Waals surface area contributed by atoms with Gasteiger partial charge < -0.3 is 14.0 Å². The van der Waals surface area contributed by atoms with Gasteiger partial charge in [-0.1, -0.05) is 40.7 Å². The van der Waals surface area contributed by atoms with Crippen LogP contribution in [-0.2, 0) is 6.54 Å². The summed E-state index contributed by atoms with van der Waals surface area (Å²) in [5.41, 5.74) is 2.36. The molecule has 136 valence electrons. The summed E-state index contributed by atoms with van der Waals surface area (Å²) < 4.78 is 17.7. The van der Waals surface area contributed by atoms with Gasteiger partial charge in [-0.25, -0.2) is 4.68 Å². The van der Waals surface area contributed by atoms with E-state index in [9.17, 15) is 0 Å². The molecule has 2 heterocycles. The molecule has 8 nitrogen and oxygen atoms in total. The van der Waals surface area contributed by atoms with E-state index in [1.54, 1.807) is 43.3 Å². The number of rotatable bonds is 6. The van der Waals surface area contributed by atoms with Crippen LogP contribution in [0.2, 0.25) is 0 Å². The Morgan fingerprint density at radius 2 is 1.74 bits per heavy atom. The molecule has 0 amide bonds. The van der Waals surface area contributed by atoms with Crippen molar-refractivity contribution in [1.82, 2.24) is 25.1 Å². The zero-order chi connectivity index (χ0) is 18.6. The van der Waals surface area contributed by atoms with Crippen molar-refractivity contribution in [2.75, 3.05) is 14.2 Å². The number of benzene rings is 2. The van der Waals surface area contributed by atoms with Gasteiger partial charge in [0.05, 0.1) is 27.0 Å². The molecule has 0 atom stereocenters. The first-order chi connectivity index (χ1) is 13.2. The highest BCUT2D eigenvalue weighted by Crippen LogP contribution is 2.29. The van der Waals surface area contributed by atoms with Gasteiger partial charge in [-0.15, -0.1) is 5.10 Å². The quantitative estimate of drug-likeness (QED) is 0.520. The number of nitrogens with zero attached hydrogens (tertiary/aromatic N) is 5. The maximum atomic E-state index is 5.38. The first kappa shape index (κ1) is 16.8. The van der Waals surface area contributed by atoms with Crippen molar-refractivity contribution in [3.8, 4) is 34.5 Å². The lowest BCUT2D eigenvalue weighted by molar-refractivity contribution is 0.393. The first-order valence-electron chi connectivity index (χ1n) is 8.27. The Morgan fingerprint density at radius 3 is 2.44 bits per heavy atom. The summed E-state index contributed by atoms with van der Waals surface area (Å²) in [6.45, 7) is 0.617. The third-order valence-electron chi connectivity index (χ3n) is 3.98. The minimum Gasteiger partial charge on any atom is -0.497 e. The lowest BCUT2D eigenvalue weighted by Gasteiger charge is -2.05. The molecular weight excluding hydrogens is 346 g/mol. The molecule has 0 aliphatic carbocycles. The van der Waals surface area contributed by atoms with Crippen LogP contribution in [0.5, 0.6) is 11.5 Å². The average molecular weight is 363 g/mol. The van der Waals surface area contributed by atoms with E-state index in [4.69, 9.17) is 14.0 Å². The third kappa shape index (κ3) is 3.64. The van der Waals surface area contributed by atoms with Crippen LogP contribution in [0, 0.1) is 0 Å². The highest BCUT2D eigenvalue weighted by Gasteiger charge is 2.15. The molecule has 2 aromatic heterocycles. The monoisotopic (exact) mass is 363 g/mol. The number of hydrogen-bond donors (Lipinski definition) is 0. The molecular formula is C19H17N5O3. The van der Waals surface area contributed by atoms with Gasteiger partial charge in [0.15, 0.2) is 5.69 Å². The van der Waals surface area contributed by atoms with Crippen molar-refractivity contribution >= 4 is 0 Å². The maximum absolute atomic E-state index is 5.38. The van der Waals surface area contributed by atoms with E-state index in [1.807, 2.05) is 30.3 Å². The van der Waals surface area contributed by atoms with Gasteiger partial charge >= 0.3 is 0 Å². The van der Waals surface area contributed by atoms with Gasteiger partial charge in [0.25, 0.3) is 5.89 Å². The van der Waals surface area contributed by atoms with Crippen LogP contribution in [0.1, 0.15) is 5.56 Å². The third-order valence-corrected chi connectivity index (χ3v) is 3.98. The SMILES string of the molecule is COc1cc(OC)cc(-c2nc(-c3cn(Cc4ccccc4)nn3)no2)c1. The Bertz CT molecular complexity index is 1020. The fraction of sp³-hybridized carbons (Fsp3) is 0.158. The van der Waals surface area contributed by atoms with Crippen LogP contribution in [0.25, 0.3) is 23.0 Å². The van der Waals surface area contributed by atoms with Crippen LogP contribution in [0.15, 0.2) is 59.3 Å². The van der Waals surface area contributed by atoms with Crippen LogP contribution in [0.4, 0.5) is 0 Å². The molecule has 0 unspecified atom stereocenters. The van der Waals surface area contributed by atoms with Crippen LogP contribution in [0.3, 0.4) is 0 Å². The van der Waals surface area contributed by atoms with Crippen LogP contribution in [-0.4, -0.2) is 39.4 Å². The van der Waals surface area contributed by atoms with Gasteiger partial charge in [0, 0.05) is 11.6 Å². The van der Waals surface area contributed by atoms with E-state index in [1.165, 1.54) is 0 Å². The summed E-state index contributed by atoms with van der Waals surface area (Å²) >= 11 is 0. The van der Waals surface area contributed by atoms with E-state index in [0.29, 0.717) is 41.0 Å². The number of aromatic nitrogens is 5. The summed E-state index contributed by atoms with van der Waals surface area (Å²) in [5.74, 6) is 1.99. The molecule has 0 aliphatic heterocycles. The van der Waals surface area contributed by atoms with Crippen molar-refractivity contribution < 1.29 is 14.0 Å². The smallest absolute Gasteiger partial charge is 0.258 e. The summed E-state index contributed by atoms with van der Waals surface area (Å²) in [6.07, 6.45) is 1.79. The molecule has 2 aromatic carbocycles. The van der Waals surface area contributed by atoms with E-state index >= 15 is 0 Å². The zero-order valence-corrected chi connectivity index (χ0v) is 14.9. The molecule has 8 heteroatoms. The summed E-state index contributed by atoms with van der Waals surface area (Å²) in [5, 5.41) is 12.3. The molecule has 0 fully saturated rings. The Balaban J connectivity index is 1.58. The maximum Gasteiger partial charge on any atom is 0.258 e. The Labute approximate surface area is 155 Å². The van der Waals surface area contributed by atoms with Crippen LogP contribution >= 0.6 is 0 Å². The predicted octanol–water partition coefficient (Wildman–Crippen LogP) is 3.06. The minimum absolute atomic E-state index is 0.347. The van der Waals surface area contributed by atoms with Crippen molar-refractivity contribution in [2.24, 2.45) is 0 Å². The molecule has 0 bridgehead atoms. The fourth-order valence-corrected chi connectivity index (χ4v) is 2.62. The molecule has 0 radical (unpaired) electrons. The molecule has 0 spiro atoms. The number of methoxy groups -OCH3 is 2. The van der Waals surface area contributed by atoms with E-state index in [2.05, 4.69) is 20.5 Å². The summed E-state index contributed by atoms with van der Waals surface area (Å²) in [6, 6.07) is 15.4. The lowest BCUT2D eigenvalue weighted by Crippen LogP contribution is -1.99. The number of hydrogen-bond acceptors (Lipinski definition) is 7. The average Bonchev–Trinajstić information content (AvgIpc) is 3.38. The lowest BCUT2D eigenvalue weighted by atomic mass is 10.2. The summed E-state index contributed by atoms with van der Waals surface area (Å²) in [7, 11) is 3.17. The van der Waals surface area contributed by atoms with Crippen LogP contribution < -0.4 is 9.47 Å².